The zero-order valence-electron chi connectivity index (χ0n) is 18.2. The fourth-order valence-corrected chi connectivity index (χ4v) is 3.31. The van der Waals surface area contributed by atoms with E-state index in [0.29, 0.717) is 5.41 Å². The molecule has 0 aromatic heterocycles. The molecule has 0 aromatic carbocycles. The van der Waals surface area contributed by atoms with Crippen molar-refractivity contribution in [2.24, 2.45) is 10.4 Å². The summed E-state index contributed by atoms with van der Waals surface area (Å²) < 4.78 is 0. The lowest BCUT2D eigenvalue weighted by Gasteiger charge is -2.32. The minimum absolute atomic E-state index is 0.308. The Morgan fingerprint density at radius 1 is 1.12 bits per heavy atom. The molecule has 1 nitrogen and oxygen atoms in total. The first-order chi connectivity index (χ1) is 12.3. The summed E-state index contributed by atoms with van der Waals surface area (Å²) in [5.74, 6) is 0. The van der Waals surface area contributed by atoms with Gasteiger partial charge in [-0.25, -0.2) is 0 Å². The van der Waals surface area contributed by atoms with Crippen molar-refractivity contribution in [2.75, 3.05) is 6.54 Å². The van der Waals surface area contributed by atoms with Crippen LogP contribution in [0.25, 0.3) is 0 Å². The third-order valence-electron chi connectivity index (χ3n) is 5.31. The standard InChI is InChI=1S/C25H39N/c1-8-9-18-26-19-23(5)21(3)13-10-12-20(2)15-16-24-22(4)14-11-17-25(24,6)7/h10,12-13,15-16,19H,8-9,11,14,17-18H2,1-7H3/b13-10+,16-15+,20-12+,23-21+,26-19?. The molecule has 1 heteroatoms. The topological polar surface area (TPSA) is 12.4 Å². The van der Waals surface area contributed by atoms with E-state index in [9.17, 15) is 0 Å². The van der Waals surface area contributed by atoms with Gasteiger partial charge in [-0.15, -0.1) is 0 Å². The molecule has 0 heterocycles. The number of hydrogen-bond acceptors (Lipinski definition) is 1. The smallest absolute Gasteiger partial charge is 0.0389 e. The summed E-state index contributed by atoms with van der Waals surface area (Å²) in [5, 5.41) is 0. The zero-order valence-corrected chi connectivity index (χ0v) is 18.2. The molecule has 0 fully saturated rings. The predicted octanol–water partition coefficient (Wildman–Crippen LogP) is 7.78. The fourth-order valence-electron chi connectivity index (χ4n) is 3.31. The van der Waals surface area contributed by atoms with Gasteiger partial charge in [0.2, 0.25) is 0 Å². The molecule has 0 bridgehead atoms. The Kier molecular flexibility index (Phi) is 9.62. The van der Waals surface area contributed by atoms with Crippen LogP contribution in [0.15, 0.2) is 63.2 Å². The average molecular weight is 354 g/mol. The Hall–Kier alpha value is -1.63. The molecule has 0 spiro atoms. The lowest BCUT2D eigenvalue weighted by Crippen LogP contribution is -2.19. The molecule has 0 radical (unpaired) electrons. The van der Waals surface area contributed by atoms with Crippen LogP contribution < -0.4 is 0 Å². The van der Waals surface area contributed by atoms with Crippen molar-refractivity contribution >= 4 is 6.21 Å². The normalized spacial score (nSPS) is 19.9. The van der Waals surface area contributed by atoms with Crippen molar-refractivity contribution in [2.45, 2.75) is 80.6 Å². The summed E-state index contributed by atoms with van der Waals surface area (Å²) in [5.41, 5.74) is 7.18. The van der Waals surface area contributed by atoms with E-state index in [1.165, 1.54) is 54.4 Å². The van der Waals surface area contributed by atoms with Gasteiger partial charge < -0.3 is 0 Å². The van der Waals surface area contributed by atoms with E-state index in [1.54, 1.807) is 5.57 Å². The Morgan fingerprint density at radius 2 is 1.85 bits per heavy atom. The van der Waals surface area contributed by atoms with Crippen molar-refractivity contribution < 1.29 is 0 Å². The van der Waals surface area contributed by atoms with Gasteiger partial charge in [-0.1, -0.05) is 68.7 Å². The molecular formula is C25H39N. The maximum atomic E-state index is 4.48. The monoisotopic (exact) mass is 353 g/mol. The summed E-state index contributed by atoms with van der Waals surface area (Å²) in [6, 6.07) is 0. The van der Waals surface area contributed by atoms with Crippen LogP contribution in [0.1, 0.15) is 80.6 Å². The highest BCUT2D eigenvalue weighted by molar-refractivity contribution is 5.79. The van der Waals surface area contributed by atoms with Gasteiger partial charge in [0.25, 0.3) is 0 Å². The molecule has 0 amide bonds. The number of unbranched alkanes of at least 4 members (excludes halogenated alkanes) is 1. The van der Waals surface area contributed by atoms with Gasteiger partial charge in [0.15, 0.2) is 0 Å². The van der Waals surface area contributed by atoms with E-state index in [4.69, 9.17) is 0 Å². The Bertz CT molecular complexity index is 633. The van der Waals surface area contributed by atoms with Crippen molar-refractivity contribution in [3.05, 3.63) is 58.2 Å². The van der Waals surface area contributed by atoms with Crippen LogP contribution in [0.2, 0.25) is 0 Å². The molecule has 1 aliphatic carbocycles. The van der Waals surface area contributed by atoms with E-state index in [0.717, 1.165) is 6.54 Å². The number of aliphatic imine (C=N–C) groups is 1. The summed E-state index contributed by atoms with van der Waals surface area (Å²) in [7, 11) is 0. The van der Waals surface area contributed by atoms with Gasteiger partial charge in [0, 0.05) is 12.8 Å². The van der Waals surface area contributed by atoms with Gasteiger partial charge in [-0.3, -0.25) is 4.99 Å². The highest BCUT2D eigenvalue weighted by Gasteiger charge is 2.26. The van der Waals surface area contributed by atoms with E-state index in [2.05, 4.69) is 83.8 Å². The van der Waals surface area contributed by atoms with E-state index in [-0.39, 0.29) is 0 Å². The Morgan fingerprint density at radius 3 is 2.50 bits per heavy atom. The quantitative estimate of drug-likeness (QED) is 0.240. The predicted molar refractivity (Wildman–Crippen MR) is 119 cm³/mol. The maximum Gasteiger partial charge on any atom is 0.0389 e. The Labute approximate surface area is 162 Å². The highest BCUT2D eigenvalue weighted by Crippen LogP contribution is 2.40. The van der Waals surface area contributed by atoms with Crippen molar-refractivity contribution in [1.82, 2.24) is 0 Å². The molecule has 0 N–H and O–H groups in total. The van der Waals surface area contributed by atoms with E-state index in [1.807, 2.05) is 6.21 Å². The summed E-state index contributed by atoms with van der Waals surface area (Å²) in [6.45, 7) is 16.6. The van der Waals surface area contributed by atoms with E-state index >= 15 is 0 Å². The van der Waals surface area contributed by atoms with Crippen LogP contribution in [0.3, 0.4) is 0 Å². The van der Waals surface area contributed by atoms with Crippen molar-refractivity contribution in [3.8, 4) is 0 Å². The molecule has 144 valence electrons. The van der Waals surface area contributed by atoms with Crippen LogP contribution in [-0.4, -0.2) is 12.8 Å². The molecule has 0 unspecified atom stereocenters. The van der Waals surface area contributed by atoms with Gasteiger partial charge >= 0.3 is 0 Å². The lowest BCUT2D eigenvalue weighted by atomic mass is 9.72. The third kappa shape index (κ3) is 7.72. The van der Waals surface area contributed by atoms with Gasteiger partial charge in [0.05, 0.1) is 0 Å². The maximum absolute atomic E-state index is 4.48. The van der Waals surface area contributed by atoms with Crippen LogP contribution in [-0.2, 0) is 0 Å². The molecule has 0 atom stereocenters. The minimum atomic E-state index is 0.308. The molecule has 0 saturated carbocycles. The van der Waals surface area contributed by atoms with Gasteiger partial charge in [0.1, 0.15) is 0 Å². The molecular weight excluding hydrogens is 314 g/mol. The first kappa shape index (κ1) is 22.4. The molecule has 1 rings (SSSR count). The van der Waals surface area contributed by atoms with Crippen LogP contribution in [0.4, 0.5) is 0 Å². The number of rotatable bonds is 8. The molecule has 26 heavy (non-hydrogen) atoms. The summed E-state index contributed by atoms with van der Waals surface area (Å²) >= 11 is 0. The van der Waals surface area contributed by atoms with Crippen molar-refractivity contribution in [1.29, 1.82) is 0 Å². The molecule has 0 aromatic rings. The fraction of sp³-hybridized carbons (Fsp3) is 0.560. The van der Waals surface area contributed by atoms with Gasteiger partial charge in [-0.2, -0.15) is 0 Å². The zero-order chi connectivity index (χ0) is 19.6. The van der Waals surface area contributed by atoms with Crippen molar-refractivity contribution in [3.63, 3.8) is 0 Å². The minimum Gasteiger partial charge on any atom is -0.293 e. The Balaban J connectivity index is 2.73. The average Bonchev–Trinajstić information content (AvgIpc) is 2.57. The first-order valence-corrected chi connectivity index (χ1v) is 10.2. The third-order valence-corrected chi connectivity index (χ3v) is 5.31. The second-order valence-corrected chi connectivity index (χ2v) is 8.29. The summed E-state index contributed by atoms with van der Waals surface area (Å²) in [4.78, 5) is 4.48. The molecule has 1 aliphatic rings. The number of nitrogens with zero attached hydrogens (tertiary/aromatic N) is 1. The number of hydrogen-bond donors (Lipinski definition) is 0. The van der Waals surface area contributed by atoms with Crippen LogP contribution in [0.5, 0.6) is 0 Å². The van der Waals surface area contributed by atoms with Crippen LogP contribution in [0, 0.1) is 5.41 Å². The van der Waals surface area contributed by atoms with Crippen LogP contribution >= 0.6 is 0 Å². The lowest BCUT2D eigenvalue weighted by molar-refractivity contribution is 0.377. The second kappa shape index (κ2) is 11.2. The first-order valence-electron chi connectivity index (χ1n) is 10.2. The number of allylic oxidation sites excluding steroid dienone is 10. The second-order valence-electron chi connectivity index (χ2n) is 8.29. The molecule has 0 aliphatic heterocycles. The summed E-state index contributed by atoms with van der Waals surface area (Å²) in [6.07, 6.45) is 19.3. The molecule has 0 saturated heterocycles. The highest BCUT2D eigenvalue weighted by atomic mass is 14.7. The van der Waals surface area contributed by atoms with Gasteiger partial charge in [-0.05, 0) is 75.5 Å². The largest absolute Gasteiger partial charge is 0.293 e. The SMILES string of the molecule is CCCCN=C/C(C)=C(C)/C=C/C=C(C)/C=C/C1=C(C)CCCC1(C)C. The van der Waals surface area contributed by atoms with E-state index < -0.39 is 0 Å².